The van der Waals surface area contributed by atoms with Crippen LogP contribution in [0, 0.1) is 5.92 Å². The van der Waals surface area contributed by atoms with Crippen LogP contribution in [-0.2, 0) is 0 Å². The summed E-state index contributed by atoms with van der Waals surface area (Å²) in [5.41, 5.74) is 8.13. The maximum Gasteiger partial charge on any atom is 0.251 e. The zero-order valence-electron chi connectivity index (χ0n) is 13.0. The number of amides is 1. The van der Waals surface area contributed by atoms with Gasteiger partial charge in [0.1, 0.15) is 0 Å². The summed E-state index contributed by atoms with van der Waals surface area (Å²) < 4.78 is 0. The third kappa shape index (κ3) is 5.11. The number of carbonyl (C=O) groups is 1. The fourth-order valence-electron chi connectivity index (χ4n) is 2.02. The SMILES string of the molecule is CCNC(=O)c1ccc(NC(C)CCC(C)C)c(N)c1. The summed E-state index contributed by atoms with van der Waals surface area (Å²) in [5.74, 6) is 0.621. The number of nitrogens with one attached hydrogen (secondary N) is 2. The first-order valence-electron chi connectivity index (χ1n) is 7.38. The lowest BCUT2D eigenvalue weighted by molar-refractivity contribution is 0.0956. The molecule has 0 aliphatic carbocycles. The maximum atomic E-state index is 11.7. The van der Waals surface area contributed by atoms with Gasteiger partial charge in [-0.15, -0.1) is 0 Å². The molecule has 0 saturated carbocycles. The molecule has 1 atom stereocenters. The summed E-state index contributed by atoms with van der Waals surface area (Å²) in [6.45, 7) is 9.11. The normalized spacial score (nSPS) is 12.2. The lowest BCUT2D eigenvalue weighted by atomic mass is 10.0. The molecule has 0 fully saturated rings. The average Bonchev–Trinajstić information content (AvgIpc) is 2.39. The highest BCUT2D eigenvalue weighted by Crippen LogP contribution is 2.22. The molecule has 1 rings (SSSR count). The Morgan fingerprint density at radius 3 is 2.50 bits per heavy atom. The number of nitrogen functional groups attached to an aromatic ring is 1. The number of rotatable bonds is 7. The van der Waals surface area contributed by atoms with Crippen molar-refractivity contribution in [2.45, 2.75) is 46.6 Å². The second kappa shape index (κ2) is 7.78. The van der Waals surface area contributed by atoms with E-state index in [1.54, 1.807) is 12.1 Å². The van der Waals surface area contributed by atoms with Crippen molar-refractivity contribution in [3.63, 3.8) is 0 Å². The van der Waals surface area contributed by atoms with Crippen molar-refractivity contribution in [1.29, 1.82) is 0 Å². The monoisotopic (exact) mass is 277 g/mol. The summed E-state index contributed by atoms with van der Waals surface area (Å²) in [6.07, 6.45) is 2.29. The molecule has 1 aromatic carbocycles. The van der Waals surface area contributed by atoms with Crippen LogP contribution >= 0.6 is 0 Å². The Kier molecular flexibility index (Phi) is 6.36. The molecule has 0 bridgehead atoms. The third-order valence-corrected chi connectivity index (χ3v) is 3.23. The van der Waals surface area contributed by atoms with Gasteiger partial charge in [-0.2, -0.15) is 0 Å². The summed E-state index contributed by atoms with van der Waals surface area (Å²) in [4.78, 5) is 11.7. The van der Waals surface area contributed by atoms with Crippen LogP contribution in [0.25, 0.3) is 0 Å². The molecule has 0 aliphatic heterocycles. The first kappa shape index (κ1) is 16.3. The molecular weight excluding hydrogens is 250 g/mol. The van der Waals surface area contributed by atoms with Crippen LogP contribution in [0.5, 0.6) is 0 Å². The van der Waals surface area contributed by atoms with Gasteiger partial charge in [-0.1, -0.05) is 13.8 Å². The molecule has 4 nitrogen and oxygen atoms in total. The number of benzene rings is 1. The highest BCUT2D eigenvalue weighted by atomic mass is 16.1. The molecule has 1 unspecified atom stereocenters. The zero-order chi connectivity index (χ0) is 15.1. The van der Waals surface area contributed by atoms with E-state index in [0.717, 1.165) is 12.1 Å². The predicted octanol–water partition coefficient (Wildman–Crippen LogP) is 3.26. The second-order valence-corrected chi connectivity index (χ2v) is 5.68. The number of hydrogen-bond acceptors (Lipinski definition) is 3. The molecule has 4 N–H and O–H groups in total. The Hall–Kier alpha value is -1.71. The van der Waals surface area contributed by atoms with Gasteiger partial charge in [0.2, 0.25) is 0 Å². The van der Waals surface area contributed by atoms with Gasteiger partial charge in [0.15, 0.2) is 0 Å². The molecule has 0 heterocycles. The summed E-state index contributed by atoms with van der Waals surface area (Å²) >= 11 is 0. The van der Waals surface area contributed by atoms with Gasteiger partial charge in [0.05, 0.1) is 11.4 Å². The summed E-state index contributed by atoms with van der Waals surface area (Å²) in [5, 5.41) is 6.17. The second-order valence-electron chi connectivity index (χ2n) is 5.68. The fourth-order valence-corrected chi connectivity index (χ4v) is 2.02. The van der Waals surface area contributed by atoms with Crippen LogP contribution in [0.3, 0.4) is 0 Å². The van der Waals surface area contributed by atoms with Gasteiger partial charge in [-0.3, -0.25) is 4.79 Å². The van der Waals surface area contributed by atoms with E-state index in [2.05, 4.69) is 31.4 Å². The van der Waals surface area contributed by atoms with Crippen molar-refractivity contribution < 1.29 is 4.79 Å². The minimum Gasteiger partial charge on any atom is -0.397 e. The van der Waals surface area contributed by atoms with Crippen molar-refractivity contribution in [1.82, 2.24) is 5.32 Å². The molecule has 0 saturated heterocycles. The highest BCUT2D eigenvalue weighted by Gasteiger charge is 2.09. The molecule has 0 aliphatic rings. The van der Waals surface area contributed by atoms with Crippen LogP contribution in [0.4, 0.5) is 11.4 Å². The molecule has 112 valence electrons. The zero-order valence-corrected chi connectivity index (χ0v) is 13.0. The number of hydrogen-bond donors (Lipinski definition) is 3. The largest absolute Gasteiger partial charge is 0.397 e. The first-order chi connectivity index (χ1) is 9.43. The molecule has 20 heavy (non-hydrogen) atoms. The van der Waals surface area contributed by atoms with Crippen LogP contribution in [0.15, 0.2) is 18.2 Å². The van der Waals surface area contributed by atoms with Crippen LogP contribution in [-0.4, -0.2) is 18.5 Å². The van der Waals surface area contributed by atoms with E-state index in [4.69, 9.17) is 5.73 Å². The lowest BCUT2D eigenvalue weighted by Gasteiger charge is -2.18. The smallest absolute Gasteiger partial charge is 0.251 e. The van der Waals surface area contributed by atoms with Crippen molar-refractivity contribution in [2.24, 2.45) is 5.92 Å². The fraction of sp³-hybridized carbons (Fsp3) is 0.562. The highest BCUT2D eigenvalue weighted by molar-refractivity contribution is 5.96. The van der Waals surface area contributed by atoms with E-state index >= 15 is 0 Å². The molecule has 1 aromatic rings. The minimum absolute atomic E-state index is 0.0846. The lowest BCUT2D eigenvalue weighted by Crippen LogP contribution is -2.23. The van der Waals surface area contributed by atoms with Gasteiger partial charge in [-0.05, 0) is 50.8 Å². The standard InChI is InChI=1S/C16H27N3O/c1-5-18-16(20)13-8-9-15(14(17)10-13)19-12(4)7-6-11(2)3/h8-12,19H,5-7,17H2,1-4H3,(H,18,20). The van der Waals surface area contributed by atoms with Crippen molar-refractivity contribution in [3.05, 3.63) is 23.8 Å². The Morgan fingerprint density at radius 2 is 1.95 bits per heavy atom. The van der Waals surface area contributed by atoms with E-state index in [0.29, 0.717) is 29.8 Å². The van der Waals surface area contributed by atoms with E-state index in [9.17, 15) is 4.79 Å². The predicted molar refractivity (Wildman–Crippen MR) is 86.0 cm³/mol. The molecule has 1 amide bonds. The van der Waals surface area contributed by atoms with E-state index in [1.165, 1.54) is 6.42 Å². The van der Waals surface area contributed by atoms with Crippen LogP contribution < -0.4 is 16.4 Å². The Morgan fingerprint density at radius 1 is 1.25 bits per heavy atom. The van der Waals surface area contributed by atoms with E-state index < -0.39 is 0 Å². The Labute approximate surface area is 122 Å². The number of anilines is 2. The van der Waals surface area contributed by atoms with Crippen molar-refractivity contribution >= 4 is 17.3 Å². The van der Waals surface area contributed by atoms with E-state index in [1.807, 2.05) is 13.0 Å². The summed E-state index contributed by atoms with van der Waals surface area (Å²) in [7, 11) is 0. The molecule has 0 spiro atoms. The first-order valence-corrected chi connectivity index (χ1v) is 7.38. The topological polar surface area (TPSA) is 67.2 Å². The summed E-state index contributed by atoms with van der Waals surface area (Å²) in [6, 6.07) is 5.78. The quantitative estimate of drug-likeness (QED) is 0.670. The third-order valence-electron chi connectivity index (χ3n) is 3.23. The van der Waals surface area contributed by atoms with Crippen molar-refractivity contribution in [2.75, 3.05) is 17.6 Å². The molecule has 0 aromatic heterocycles. The Bertz CT molecular complexity index is 443. The maximum absolute atomic E-state index is 11.7. The minimum atomic E-state index is -0.0846. The molecule has 0 radical (unpaired) electrons. The molecular formula is C16H27N3O. The van der Waals surface area contributed by atoms with Gasteiger partial charge in [0.25, 0.3) is 5.91 Å². The average molecular weight is 277 g/mol. The number of carbonyl (C=O) groups excluding carboxylic acids is 1. The number of nitrogens with two attached hydrogens (primary N) is 1. The van der Waals surface area contributed by atoms with E-state index in [-0.39, 0.29) is 5.91 Å². The van der Waals surface area contributed by atoms with Crippen molar-refractivity contribution in [3.8, 4) is 0 Å². The van der Waals surface area contributed by atoms with Gasteiger partial charge in [0, 0.05) is 18.2 Å². The van der Waals surface area contributed by atoms with Gasteiger partial charge in [-0.25, -0.2) is 0 Å². The van der Waals surface area contributed by atoms with Gasteiger partial charge >= 0.3 is 0 Å². The van der Waals surface area contributed by atoms with Crippen LogP contribution in [0.2, 0.25) is 0 Å². The van der Waals surface area contributed by atoms with Gasteiger partial charge < -0.3 is 16.4 Å². The Balaban J connectivity index is 2.66. The van der Waals surface area contributed by atoms with Crippen LogP contribution in [0.1, 0.15) is 50.9 Å². The molecule has 4 heteroatoms.